The predicted molar refractivity (Wildman–Crippen MR) is 84.9 cm³/mol. The molecule has 1 fully saturated rings. The van der Waals surface area contributed by atoms with Crippen molar-refractivity contribution in [3.63, 3.8) is 0 Å². The number of halogens is 1. The molecular formula is C15H22ClN3O2. The highest BCUT2D eigenvalue weighted by atomic mass is 35.5. The minimum atomic E-state index is -0.108. The van der Waals surface area contributed by atoms with Crippen LogP contribution in [0.15, 0.2) is 24.3 Å². The highest BCUT2D eigenvalue weighted by Gasteiger charge is 2.21. The zero-order valence-electron chi connectivity index (χ0n) is 12.3. The summed E-state index contributed by atoms with van der Waals surface area (Å²) in [4.78, 5) is 14.2. The second kappa shape index (κ2) is 8.22. The van der Waals surface area contributed by atoms with Gasteiger partial charge in [0, 0.05) is 37.0 Å². The maximum absolute atomic E-state index is 12.4. The SMILES string of the molecule is COCCN(CC1CCCN1)C(=O)Nc1ccc(Cl)cc1. The third-order valence-corrected chi connectivity index (χ3v) is 3.80. The molecule has 6 heteroatoms. The smallest absolute Gasteiger partial charge is 0.321 e. The summed E-state index contributed by atoms with van der Waals surface area (Å²) in [5, 5.41) is 6.96. The molecule has 1 saturated heterocycles. The predicted octanol–water partition coefficient (Wildman–Crippen LogP) is 2.57. The Bertz CT molecular complexity index is 447. The summed E-state index contributed by atoms with van der Waals surface area (Å²) in [5.41, 5.74) is 0.742. The molecule has 1 heterocycles. The van der Waals surface area contributed by atoms with Crippen molar-refractivity contribution < 1.29 is 9.53 Å². The number of ether oxygens (including phenoxy) is 1. The van der Waals surface area contributed by atoms with Crippen molar-refractivity contribution >= 4 is 23.3 Å². The van der Waals surface area contributed by atoms with Crippen molar-refractivity contribution in [2.24, 2.45) is 0 Å². The summed E-state index contributed by atoms with van der Waals surface area (Å²) in [6, 6.07) is 7.37. The van der Waals surface area contributed by atoms with E-state index in [2.05, 4.69) is 10.6 Å². The Morgan fingerprint density at radius 1 is 1.48 bits per heavy atom. The van der Waals surface area contributed by atoms with Crippen LogP contribution in [-0.4, -0.2) is 50.3 Å². The number of benzene rings is 1. The van der Waals surface area contributed by atoms with Gasteiger partial charge < -0.3 is 20.3 Å². The lowest BCUT2D eigenvalue weighted by Gasteiger charge is -2.26. The molecule has 1 aliphatic rings. The van der Waals surface area contributed by atoms with Crippen LogP contribution in [0.1, 0.15) is 12.8 Å². The van der Waals surface area contributed by atoms with Crippen molar-refractivity contribution in [1.29, 1.82) is 0 Å². The topological polar surface area (TPSA) is 53.6 Å². The average molecular weight is 312 g/mol. The first-order valence-electron chi connectivity index (χ1n) is 7.23. The molecule has 1 unspecified atom stereocenters. The van der Waals surface area contributed by atoms with Crippen molar-refractivity contribution in [2.45, 2.75) is 18.9 Å². The fourth-order valence-electron chi connectivity index (χ4n) is 2.39. The van der Waals surface area contributed by atoms with Gasteiger partial charge in [0.05, 0.1) is 6.61 Å². The van der Waals surface area contributed by atoms with Crippen molar-refractivity contribution in [3.8, 4) is 0 Å². The molecule has 5 nitrogen and oxygen atoms in total. The van der Waals surface area contributed by atoms with E-state index in [1.807, 2.05) is 0 Å². The molecule has 1 atom stereocenters. The first-order valence-corrected chi connectivity index (χ1v) is 7.60. The van der Waals surface area contributed by atoms with E-state index in [4.69, 9.17) is 16.3 Å². The van der Waals surface area contributed by atoms with Crippen LogP contribution in [0.4, 0.5) is 10.5 Å². The van der Waals surface area contributed by atoms with E-state index in [9.17, 15) is 4.79 Å². The number of rotatable bonds is 6. The largest absolute Gasteiger partial charge is 0.383 e. The fourth-order valence-corrected chi connectivity index (χ4v) is 2.52. The molecule has 116 valence electrons. The van der Waals surface area contributed by atoms with Gasteiger partial charge in [0.15, 0.2) is 0 Å². The van der Waals surface area contributed by atoms with E-state index in [1.165, 1.54) is 6.42 Å². The van der Waals surface area contributed by atoms with Gasteiger partial charge in [-0.3, -0.25) is 0 Å². The standard InChI is InChI=1S/C15H22ClN3O2/c1-21-10-9-19(11-14-3-2-8-17-14)15(20)18-13-6-4-12(16)5-7-13/h4-7,14,17H,2-3,8-11H2,1H3,(H,18,20). The van der Waals surface area contributed by atoms with E-state index < -0.39 is 0 Å². The second-order valence-corrected chi connectivity index (χ2v) is 5.61. The van der Waals surface area contributed by atoms with Gasteiger partial charge in [-0.2, -0.15) is 0 Å². The van der Waals surface area contributed by atoms with Crippen LogP contribution in [0.2, 0.25) is 5.02 Å². The number of carbonyl (C=O) groups is 1. The third kappa shape index (κ3) is 5.19. The summed E-state index contributed by atoms with van der Waals surface area (Å²) in [7, 11) is 1.64. The average Bonchev–Trinajstić information content (AvgIpc) is 2.98. The number of amides is 2. The summed E-state index contributed by atoms with van der Waals surface area (Å²) in [6.45, 7) is 2.83. The Morgan fingerprint density at radius 2 is 2.24 bits per heavy atom. The number of anilines is 1. The van der Waals surface area contributed by atoms with E-state index in [0.29, 0.717) is 30.8 Å². The maximum Gasteiger partial charge on any atom is 0.321 e. The second-order valence-electron chi connectivity index (χ2n) is 5.17. The van der Waals surface area contributed by atoms with Crippen molar-refractivity contribution in [1.82, 2.24) is 10.2 Å². The molecule has 2 rings (SSSR count). The van der Waals surface area contributed by atoms with Gasteiger partial charge in [-0.05, 0) is 43.7 Å². The Kier molecular flexibility index (Phi) is 6.29. The molecule has 2 amide bonds. The van der Waals surface area contributed by atoms with Gasteiger partial charge in [-0.25, -0.2) is 4.79 Å². The quantitative estimate of drug-likeness (QED) is 0.849. The number of methoxy groups -OCH3 is 1. The van der Waals surface area contributed by atoms with Crippen LogP contribution >= 0.6 is 11.6 Å². The van der Waals surface area contributed by atoms with Crippen molar-refractivity contribution in [3.05, 3.63) is 29.3 Å². The monoisotopic (exact) mass is 311 g/mol. The third-order valence-electron chi connectivity index (χ3n) is 3.55. The number of carbonyl (C=O) groups excluding carboxylic acids is 1. The van der Waals surface area contributed by atoms with Crippen LogP contribution in [0, 0.1) is 0 Å². The van der Waals surface area contributed by atoms with Crippen LogP contribution in [-0.2, 0) is 4.74 Å². The molecule has 0 radical (unpaired) electrons. The van der Waals surface area contributed by atoms with Gasteiger partial charge in [0.2, 0.25) is 0 Å². The van der Waals surface area contributed by atoms with Gasteiger partial charge in [0.1, 0.15) is 0 Å². The van der Waals surface area contributed by atoms with Gasteiger partial charge in [-0.15, -0.1) is 0 Å². The van der Waals surface area contributed by atoms with E-state index in [-0.39, 0.29) is 6.03 Å². The zero-order chi connectivity index (χ0) is 15.1. The fraction of sp³-hybridized carbons (Fsp3) is 0.533. The molecule has 0 bridgehead atoms. The minimum Gasteiger partial charge on any atom is -0.383 e. The zero-order valence-corrected chi connectivity index (χ0v) is 13.0. The number of nitrogens with one attached hydrogen (secondary N) is 2. The Balaban J connectivity index is 1.93. The van der Waals surface area contributed by atoms with Crippen LogP contribution < -0.4 is 10.6 Å². The molecule has 0 saturated carbocycles. The van der Waals surface area contributed by atoms with E-state index in [1.54, 1.807) is 36.3 Å². The van der Waals surface area contributed by atoms with Gasteiger partial charge in [0.25, 0.3) is 0 Å². The molecule has 0 spiro atoms. The molecule has 1 aromatic carbocycles. The Hall–Kier alpha value is -1.30. The van der Waals surface area contributed by atoms with E-state index >= 15 is 0 Å². The maximum atomic E-state index is 12.4. The lowest BCUT2D eigenvalue weighted by atomic mass is 10.2. The molecule has 0 aromatic heterocycles. The van der Waals surface area contributed by atoms with Crippen LogP contribution in [0.5, 0.6) is 0 Å². The number of hydrogen-bond donors (Lipinski definition) is 2. The van der Waals surface area contributed by atoms with Gasteiger partial charge in [-0.1, -0.05) is 11.6 Å². The summed E-state index contributed by atoms with van der Waals surface area (Å²) < 4.78 is 5.09. The van der Waals surface area contributed by atoms with Crippen LogP contribution in [0.3, 0.4) is 0 Å². The summed E-state index contributed by atoms with van der Waals surface area (Å²) in [6.07, 6.45) is 2.28. The molecule has 2 N–H and O–H groups in total. The molecule has 1 aromatic rings. The minimum absolute atomic E-state index is 0.108. The Labute approximate surface area is 130 Å². The molecule has 1 aliphatic heterocycles. The highest BCUT2D eigenvalue weighted by Crippen LogP contribution is 2.14. The molecular weight excluding hydrogens is 290 g/mol. The first kappa shape index (κ1) is 16.1. The highest BCUT2D eigenvalue weighted by molar-refractivity contribution is 6.30. The number of nitrogens with zero attached hydrogens (tertiary/aromatic N) is 1. The Morgan fingerprint density at radius 3 is 2.86 bits per heavy atom. The van der Waals surface area contributed by atoms with E-state index in [0.717, 1.165) is 18.7 Å². The lowest BCUT2D eigenvalue weighted by Crippen LogP contribution is -2.44. The van der Waals surface area contributed by atoms with Crippen molar-refractivity contribution in [2.75, 3.05) is 38.7 Å². The summed E-state index contributed by atoms with van der Waals surface area (Å²) in [5.74, 6) is 0. The summed E-state index contributed by atoms with van der Waals surface area (Å²) >= 11 is 5.84. The molecule has 0 aliphatic carbocycles. The van der Waals surface area contributed by atoms with Crippen LogP contribution in [0.25, 0.3) is 0 Å². The first-order chi connectivity index (χ1) is 10.2. The van der Waals surface area contributed by atoms with Gasteiger partial charge >= 0.3 is 6.03 Å². The molecule has 21 heavy (non-hydrogen) atoms. The normalized spacial score (nSPS) is 17.7. The lowest BCUT2D eigenvalue weighted by molar-refractivity contribution is 0.151. The number of urea groups is 1. The number of hydrogen-bond acceptors (Lipinski definition) is 3.